The number of thiazole rings is 1. The highest BCUT2D eigenvalue weighted by atomic mass is 32.1. The van der Waals surface area contributed by atoms with Gasteiger partial charge in [-0.2, -0.15) is 0 Å². The van der Waals surface area contributed by atoms with Gasteiger partial charge >= 0.3 is 0 Å². The average molecular weight is 268 g/mol. The van der Waals surface area contributed by atoms with Gasteiger partial charge in [0, 0.05) is 17.5 Å². The first-order chi connectivity index (χ1) is 8.15. The molecule has 0 fully saturated rings. The van der Waals surface area contributed by atoms with E-state index in [0.29, 0.717) is 5.92 Å². The van der Waals surface area contributed by atoms with Crippen molar-refractivity contribution in [3.63, 3.8) is 0 Å². The summed E-state index contributed by atoms with van der Waals surface area (Å²) in [4.78, 5) is 5.29. The molecule has 92 valence electrons. The zero-order valence-electron chi connectivity index (χ0n) is 10.2. The summed E-state index contributed by atoms with van der Waals surface area (Å²) in [6.45, 7) is 6.49. The van der Waals surface area contributed by atoms with E-state index in [1.807, 2.05) is 11.7 Å². The Labute approximate surface area is 109 Å². The molecule has 0 aliphatic rings. The van der Waals surface area contributed by atoms with Gasteiger partial charge < -0.3 is 5.32 Å². The monoisotopic (exact) mass is 268 g/mol. The maximum absolute atomic E-state index is 4.18. The van der Waals surface area contributed by atoms with Crippen LogP contribution < -0.4 is 5.32 Å². The van der Waals surface area contributed by atoms with Crippen molar-refractivity contribution in [2.75, 3.05) is 5.32 Å². The number of nitrogens with one attached hydrogen (secondary N) is 1. The van der Waals surface area contributed by atoms with Crippen LogP contribution in [0, 0.1) is 5.92 Å². The SMILES string of the molecule is CC(C)Cc1nnc(NC(C)c2cncs2)s1. The second-order valence-electron chi connectivity index (χ2n) is 4.37. The standard InChI is InChI=1S/C11H16N4S2/c1-7(2)4-10-14-15-11(17-10)13-8(3)9-5-12-6-16-9/h5-8H,4H2,1-3H3,(H,13,15). The first-order valence-electron chi connectivity index (χ1n) is 5.62. The number of hydrogen-bond donors (Lipinski definition) is 1. The quantitative estimate of drug-likeness (QED) is 0.903. The Morgan fingerprint density at radius 2 is 2.12 bits per heavy atom. The molecule has 1 unspecified atom stereocenters. The summed E-state index contributed by atoms with van der Waals surface area (Å²) in [6, 6.07) is 0.238. The molecule has 1 atom stereocenters. The van der Waals surface area contributed by atoms with Gasteiger partial charge in [0.15, 0.2) is 0 Å². The van der Waals surface area contributed by atoms with E-state index in [2.05, 4.69) is 41.3 Å². The average Bonchev–Trinajstić information content (AvgIpc) is 2.87. The molecule has 0 aromatic carbocycles. The van der Waals surface area contributed by atoms with Crippen molar-refractivity contribution in [3.8, 4) is 0 Å². The van der Waals surface area contributed by atoms with Crippen molar-refractivity contribution in [3.05, 3.63) is 21.6 Å². The fraction of sp³-hybridized carbons (Fsp3) is 0.545. The van der Waals surface area contributed by atoms with Crippen molar-refractivity contribution in [1.82, 2.24) is 15.2 Å². The molecule has 0 spiro atoms. The summed E-state index contributed by atoms with van der Waals surface area (Å²) in [7, 11) is 0. The zero-order chi connectivity index (χ0) is 12.3. The molecule has 4 nitrogen and oxygen atoms in total. The first kappa shape index (κ1) is 12.4. The summed E-state index contributed by atoms with van der Waals surface area (Å²) < 4.78 is 0. The van der Waals surface area contributed by atoms with E-state index in [9.17, 15) is 0 Å². The van der Waals surface area contributed by atoms with E-state index < -0.39 is 0 Å². The van der Waals surface area contributed by atoms with Gasteiger partial charge in [-0.25, -0.2) is 0 Å². The van der Waals surface area contributed by atoms with E-state index in [-0.39, 0.29) is 6.04 Å². The largest absolute Gasteiger partial charge is 0.353 e. The van der Waals surface area contributed by atoms with Gasteiger partial charge in [0.1, 0.15) is 5.01 Å². The predicted molar refractivity (Wildman–Crippen MR) is 72.6 cm³/mol. The van der Waals surface area contributed by atoms with Crippen LogP contribution in [0.5, 0.6) is 0 Å². The van der Waals surface area contributed by atoms with Gasteiger partial charge in [0.25, 0.3) is 0 Å². The van der Waals surface area contributed by atoms with E-state index in [4.69, 9.17) is 0 Å². The molecule has 2 rings (SSSR count). The molecule has 2 aromatic heterocycles. The van der Waals surface area contributed by atoms with E-state index >= 15 is 0 Å². The highest BCUT2D eigenvalue weighted by molar-refractivity contribution is 7.15. The highest BCUT2D eigenvalue weighted by Crippen LogP contribution is 2.25. The highest BCUT2D eigenvalue weighted by Gasteiger charge is 2.11. The number of rotatable bonds is 5. The maximum atomic E-state index is 4.18. The van der Waals surface area contributed by atoms with Crippen molar-refractivity contribution >= 4 is 27.8 Å². The number of nitrogens with zero attached hydrogens (tertiary/aromatic N) is 3. The van der Waals surface area contributed by atoms with Gasteiger partial charge in [0.05, 0.1) is 11.6 Å². The lowest BCUT2D eigenvalue weighted by Gasteiger charge is -2.08. The number of aromatic nitrogens is 3. The lowest BCUT2D eigenvalue weighted by Crippen LogP contribution is -2.04. The molecule has 0 radical (unpaired) electrons. The minimum Gasteiger partial charge on any atom is -0.353 e. The fourth-order valence-electron chi connectivity index (χ4n) is 1.44. The van der Waals surface area contributed by atoms with Crippen molar-refractivity contribution in [2.24, 2.45) is 5.92 Å². The third-order valence-corrected chi connectivity index (χ3v) is 4.10. The molecule has 2 heterocycles. The second kappa shape index (κ2) is 5.55. The topological polar surface area (TPSA) is 50.7 Å². The third-order valence-electron chi connectivity index (χ3n) is 2.27. The van der Waals surface area contributed by atoms with Crippen LogP contribution in [0.15, 0.2) is 11.7 Å². The Morgan fingerprint density at radius 1 is 1.29 bits per heavy atom. The summed E-state index contributed by atoms with van der Waals surface area (Å²) in [6.07, 6.45) is 2.88. The van der Waals surface area contributed by atoms with Crippen LogP contribution in [0.3, 0.4) is 0 Å². The summed E-state index contributed by atoms with van der Waals surface area (Å²) in [5.74, 6) is 0.620. The van der Waals surface area contributed by atoms with Crippen LogP contribution in [0.2, 0.25) is 0 Å². The number of anilines is 1. The lowest BCUT2D eigenvalue weighted by molar-refractivity contribution is 0.640. The Balaban J connectivity index is 1.97. The van der Waals surface area contributed by atoms with Gasteiger partial charge in [-0.15, -0.1) is 21.5 Å². The summed E-state index contributed by atoms with van der Waals surface area (Å²) in [5, 5.41) is 13.7. The third kappa shape index (κ3) is 3.47. The maximum Gasteiger partial charge on any atom is 0.206 e. The molecular weight excluding hydrogens is 252 g/mol. The van der Waals surface area contributed by atoms with Gasteiger partial charge in [-0.05, 0) is 12.8 Å². The van der Waals surface area contributed by atoms with Crippen LogP contribution in [-0.4, -0.2) is 15.2 Å². The zero-order valence-corrected chi connectivity index (χ0v) is 11.8. The molecule has 0 aliphatic heterocycles. The Morgan fingerprint density at radius 3 is 2.76 bits per heavy atom. The van der Waals surface area contributed by atoms with Crippen LogP contribution in [0.1, 0.15) is 36.7 Å². The molecule has 2 aromatic rings. The van der Waals surface area contributed by atoms with Crippen LogP contribution in [-0.2, 0) is 6.42 Å². The summed E-state index contributed by atoms with van der Waals surface area (Å²) in [5.41, 5.74) is 1.85. The van der Waals surface area contributed by atoms with Gasteiger partial charge in [0.2, 0.25) is 5.13 Å². The minimum absolute atomic E-state index is 0.238. The molecule has 6 heteroatoms. The predicted octanol–water partition coefficient (Wildman–Crippen LogP) is 3.37. The smallest absolute Gasteiger partial charge is 0.206 e. The lowest BCUT2D eigenvalue weighted by atomic mass is 10.1. The molecule has 0 amide bonds. The van der Waals surface area contributed by atoms with E-state index in [1.54, 1.807) is 22.7 Å². The molecule has 0 aliphatic carbocycles. The van der Waals surface area contributed by atoms with Crippen molar-refractivity contribution in [1.29, 1.82) is 0 Å². The van der Waals surface area contributed by atoms with Crippen molar-refractivity contribution < 1.29 is 0 Å². The Kier molecular flexibility index (Phi) is 4.06. The first-order valence-corrected chi connectivity index (χ1v) is 7.32. The second-order valence-corrected chi connectivity index (χ2v) is 6.35. The van der Waals surface area contributed by atoms with Crippen LogP contribution >= 0.6 is 22.7 Å². The molecular formula is C11H16N4S2. The van der Waals surface area contributed by atoms with Crippen LogP contribution in [0.4, 0.5) is 5.13 Å². The molecule has 0 saturated carbocycles. The molecule has 1 N–H and O–H groups in total. The van der Waals surface area contributed by atoms with E-state index in [0.717, 1.165) is 16.6 Å². The van der Waals surface area contributed by atoms with Gasteiger partial charge in [-0.1, -0.05) is 25.2 Å². The van der Waals surface area contributed by atoms with E-state index in [1.165, 1.54) is 4.88 Å². The Hall–Kier alpha value is -1.01. The van der Waals surface area contributed by atoms with Crippen LogP contribution in [0.25, 0.3) is 0 Å². The Bertz CT molecular complexity index is 450. The molecule has 0 bridgehead atoms. The normalized spacial score (nSPS) is 12.9. The summed E-state index contributed by atoms with van der Waals surface area (Å²) >= 11 is 3.29. The minimum atomic E-state index is 0.238. The molecule has 0 saturated heterocycles. The number of hydrogen-bond acceptors (Lipinski definition) is 6. The van der Waals surface area contributed by atoms with Crippen molar-refractivity contribution in [2.45, 2.75) is 33.2 Å². The fourth-order valence-corrected chi connectivity index (χ4v) is 3.11. The van der Waals surface area contributed by atoms with Gasteiger partial charge in [-0.3, -0.25) is 4.98 Å². The molecule has 17 heavy (non-hydrogen) atoms.